The Balaban J connectivity index is 2.72. The van der Waals surface area contributed by atoms with Crippen LogP contribution in [0.2, 0.25) is 0 Å². The van der Waals surface area contributed by atoms with E-state index in [0.717, 1.165) is 6.07 Å². The van der Waals surface area contributed by atoms with Crippen molar-refractivity contribution in [3.8, 4) is 23.3 Å². The lowest BCUT2D eigenvalue weighted by atomic mass is 9.82. The lowest BCUT2D eigenvalue weighted by molar-refractivity contribution is -0.139. The number of esters is 1. The Bertz CT molecular complexity index is 804. The highest BCUT2D eigenvalue weighted by Gasteiger charge is 2.38. The van der Waals surface area contributed by atoms with Crippen LogP contribution in [-0.2, 0) is 14.3 Å². The molecule has 5 N–H and O–H groups in total. The quantitative estimate of drug-likeness (QED) is 0.480. The normalized spacial score (nSPS) is 17.3. The fraction of sp³-hybridized carbons (Fsp3) is 0.250. The molecular weight excluding hydrogens is 316 g/mol. The average molecular weight is 332 g/mol. The Kier molecular flexibility index (Phi) is 4.55. The third-order valence-electron chi connectivity index (χ3n) is 3.57. The molecule has 8 heteroatoms. The van der Waals surface area contributed by atoms with E-state index in [1.807, 2.05) is 6.07 Å². The maximum Gasteiger partial charge on any atom is 0.338 e. The largest absolute Gasteiger partial charge is 0.504 e. The van der Waals surface area contributed by atoms with Crippen molar-refractivity contribution in [3.63, 3.8) is 0 Å². The Morgan fingerprint density at radius 3 is 2.62 bits per heavy atom. The van der Waals surface area contributed by atoms with Gasteiger partial charge in [0.1, 0.15) is 17.4 Å². The van der Waals surface area contributed by atoms with Crippen molar-refractivity contribution in [2.45, 2.75) is 19.8 Å². The van der Waals surface area contributed by atoms with Crippen molar-refractivity contribution in [2.75, 3.05) is 6.61 Å². The number of ether oxygens (including phenoxy) is 2. The second-order valence-corrected chi connectivity index (χ2v) is 4.99. The third-order valence-corrected chi connectivity index (χ3v) is 3.57. The summed E-state index contributed by atoms with van der Waals surface area (Å²) in [6.07, 6.45) is 0. The van der Waals surface area contributed by atoms with E-state index in [-0.39, 0.29) is 35.0 Å². The monoisotopic (exact) mass is 332 g/mol. The Hall–Kier alpha value is -3.34. The van der Waals surface area contributed by atoms with Crippen LogP contribution in [-0.4, -0.2) is 27.9 Å². The molecule has 8 nitrogen and oxygen atoms in total. The topological polar surface area (TPSA) is 146 Å². The van der Waals surface area contributed by atoms with E-state index in [1.54, 1.807) is 6.92 Å². The molecule has 2 rings (SSSR count). The van der Waals surface area contributed by atoms with Crippen molar-refractivity contribution >= 4 is 5.97 Å². The van der Waals surface area contributed by atoms with E-state index in [9.17, 15) is 25.4 Å². The van der Waals surface area contributed by atoms with Crippen LogP contribution in [0.4, 0.5) is 0 Å². The molecule has 0 aromatic heterocycles. The molecule has 1 aliphatic rings. The van der Waals surface area contributed by atoms with Crippen LogP contribution in [0.15, 0.2) is 34.9 Å². The summed E-state index contributed by atoms with van der Waals surface area (Å²) < 4.78 is 10.2. The van der Waals surface area contributed by atoms with Gasteiger partial charge in [0.05, 0.1) is 18.1 Å². The predicted molar refractivity (Wildman–Crippen MR) is 81.4 cm³/mol. The number of phenolic OH excluding ortho intramolecular Hbond substituents is 3. The first-order chi connectivity index (χ1) is 11.3. The van der Waals surface area contributed by atoms with Gasteiger partial charge in [0.25, 0.3) is 0 Å². The summed E-state index contributed by atoms with van der Waals surface area (Å²) >= 11 is 0. The first kappa shape index (κ1) is 17.0. The number of carbonyl (C=O) groups excluding carboxylic acids is 1. The summed E-state index contributed by atoms with van der Waals surface area (Å²) in [5, 5.41) is 38.7. The zero-order valence-corrected chi connectivity index (χ0v) is 13.0. The fourth-order valence-corrected chi connectivity index (χ4v) is 2.48. The van der Waals surface area contributed by atoms with Crippen LogP contribution >= 0.6 is 0 Å². The molecule has 0 bridgehead atoms. The number of hydrogen-bond donors (Lipinski definition) is 4. The van der Waals surface area contributed by atoms with E-state index in [4.69, 9.17) is 15.2 Å². The molecule has 0 radical (unpaired) electrons. The Labute approximate surface area is 137 Å². The van der Waals surface area contributed by atoms with Crippen LogP contribution < -0.4 is 5.73 Å². The zero-order valence-electron chi connectivity index (χ0n) is 13.0. The lowest BCUT2D eigenvalue weighted by Crippen LogP contribution is -2.25. The Morgan fingerprint density at radius 1 is 1.38 bits per heavy atom. The summed E-state index contributed by atoms with van der Waals surface area (Å²) in [6.45, 7) is 3.18. The number of nitrogens with zero attached hydrogens (tertiary/aromatic N) is 1. The summed E-state index contributed by atoms with van der Waals surface area (Å²) in [6, 6.07) is 4.25. The highest BCUT2D eigenvalue weighted by molar-refractivity contribution is 5.93. The van der Waals surface area contributed by atoms with Gasteiger partial charge in [-0.05, 0) is 19.9 Å². The maximum absolute atomic E-state index is 12.3. The van der Waals surface area contributed by atoms with Gasteiger partial charge in [-0.3, -0.25) is 0 Å². The molecular formula is C16H16N2O6. The SMILES string of the molecule is CCOC(=O)C1=C(C)OC(N)=C(C#N)C1c1ccc(O)c(O)c1O. The van der Waals surface area contributed by atoms with Gasteiger partial charge < -0.3 is 30.5 Å². The van der Waals surface area contributed by atoms with Gasteiger partial charge >= 0.3 is 5.97 Å². The molecule has 0 fully saturated rings. The predicted octanol–water partition coefficient (Wildman–Crippen LogP) is 1.45. The number of carbonyl (C=O) groups is 1. The van der Waals surface area contributed by atoms with E-state index in [1.165, 1.54) is 13.0 Å². The molecule has 0 amide bonds. The molecule has 1 unspecified atom stereocenters. The van der Waals surface area contributed by atoms with Crippen molar-refractivity contribution in [3.05, 3.63) is 40.5 Å². The average Bonchev–Trinajstić information content (AvgIpc) is 2.52. The summed E-state index contributed by atoms with van der Waals surface area (Å²) in [5.74, 6) is -3.94. The second kappa shape index (κ2) is 6.42. The maximum atomic E-state index is 12.3. The number of aromatic hydroxyl groups is 3. The number of allylic oxidation sites excluding steroid dienone is 2. The van der Waals surface area contributed by atoms with Crippen LogP contribution in [0.5, 0.6) is 17.2 Å². The minimum Gasteiger partial charge on any atom is -0.504 e. The third kappa shape index (κ3) is 2.67. The van der Waals surface area contributed by atoms with Crippen LogP contribution in [0, 0.1) is 11.3 Å². The molecule has 126 valence electrons. The Morgan fingerprint density at radius 2 is 2.04 bits per heavy atom. The van der Waals surface area contributed by atoms with Crippen molar-refractivity contribution < 1.29 is 29.6 Å². The number of benzene rings is 1. The number of phenols is 3. The molecule has 1 atom stereocenters. The number of rotatable bonds is 3. The van der Waals surface area contributed by atoms with Crippen LogP contribution in [0.1, 0.15) is 25.3 Å². The van der Waals surface area contributed by atoms with Crippen molar-refractivity contribution in [1.82, 2.24) is 0 Å². The molecule has 24 heavy (non-hydrogen) atoms. The first-order valence-corrected chi connectivity index (χ1v) is 7.02. The molecule has 0 spiro atoms. The highest BCUT2D eigenvalue weighted by Crippen LogP contribution is 2.47. The van der Waals surface area contributed by atoms with E-state index < -0.39 is 29.1 Å². The van der Waals surface area contributed by atoms with E-state index >= 15 is 0 Å². The van der Waals surface area contributed by atoms with Crippen molar-refractivity contribution in [2.24, 2.45) is 5.73 Å². The summed E-state index contributed by atoms with van der Waals surface area (Å²) in [7, 11) is 0. The molecule has 1 aliphatic heterocycles. The summed E-state index contributed by atoms with van der Waals surface area (Å²) in [4.78, 5) is 12.3. The van der Waals surface area contributed by atoms with Crippen LogP contribution in [0.3, 0.4) is 0 Å². The zero-order chi connectivity index (χ0) is 18.0. The second-order valence-electron chi connectivity index (χ2n) is 4.99. The molecule has 1 aromatic carbocycles. The standard InChI is InChI=1S/C16H16N2O6/c1-3-23-16(22)11-7(2)24-15(18)9(6-17)12(11)8-4-5-10(19)14(21)13(8)20/h4-5,12,19-21H,3,18H2,1-2H3. The minimum absolute atomic E-state index is 0.00973. The first-order valence-electron chi connectivity index (χ1n) is 7.02. The molecule has 1 aromatic rings. The number of nitriles is 1. The van der Waals surface area contributed by atoms with E-state index in [2.05, 4.69) is 0 Å². The highest BCUT2D eigenvalue weighted by atomic mass is 16.5. The molecule has 0 aliphatic carbocycles. The van der Waals surface area contributed by atoms with Gasteiger partial charge in [-0.15, -0.1) is 0 Å². The molecule has 0 saturated carbocycles. The van der Waals surface area contributed by atoms with Crippen LogP contribution in [0.25, 0.3) is 0 Å². The lowest BCUT2D eigenvalue weighted by Gasteiger charge is -2.27. The number of nitrogens with two attached hydrogens (primary N) is 1. The van der Waals surface area contributed by atoms with Gasteiger partial charge in [0, 0.05) is 5.56 Å². The molecule has 1 heterocycles. The minimum atomic E-state index is -1.10. The molecule has 0 saturated heterocycles. The van der Waals surface area contributed by atoms with Gasteiger partial charge in [0.2, 0.25) is 11.6 Å². The fourth-order valence-electron chi connectivity index (χ4n) is 2.48. The number of hydrogen-bond acceptors (Lipinski definition) is 8. The van der Waals surface area contributed by atoms with Gasteiger partial charge in [-0.25, -0.2) is 4.79 Å². The van der Waals surface area contributed by atoms with Crippen molar-refractivity contribution in [1.29, 1.82) is 5.26 Å². The smallest absolute Gasteiger partial charge is 0.338 e. The van der Waals surface area contributed by atoms with Gasteiger partial charge in [-0.2, -0.15) is 5.26 Å². The van der Waals surface area contributed by atoms with Gasteiger partial charge in [-0.1, -0.05) is 6.07 Å². The van der Waals surface area contributed by atoms with E-state index in [0.29, 0.717) is 0 Å². The summed E-state index contributed by atoms with van der Waals surface area (Å²) in [5.41, 5.74) is 5.58. The van der Waals surface area contributed by atoms with Gasteiger partial charge in [0.15, 0.2) is 11.5 Å².